The zero-order valence-electron chi connectivity index (χ0n) is 12.0. The van der Waals surface area contributed by atoms with Crippen molar-refractivity contribution in [3.63, 3.8) is 0 Å². The van der Waals surface area contributed by atoms with Gasteiger partial charge in [-0.2, -0.15) is 0 Å². The van der Waals surface area contributed by atoms with Crippen LogP contribution in [0.3, 0.4) is 0 Å². The largest absolute Gasteiger partial charge is 0.481 e. The lowest BCUT2D eigenvalue weighted by molar-refractivity contribution is -0.137. The molecule has 1 atom stereocenters. The van der Waals surface area contributed by atoms with Crippen LogP contribution < -0.4 is 5.32 Å². The van der Waals surface area contributed by atoms with Gasteiger partial charge in [-0.15, -0.1) is 0 Å². The van der Waals surface area contributed by atoms with Crippen LogP contribution in [0.25, 0.3) is 0 Å². The lowest BCUT2D eigenvalue weighted by Crippen LogP contribution is -2.51. The zero-order chi connectivity index (χ0) is 14.4. The van der Waals surface area contributed by atoms with Crippen molar-refractivity contribution in [2.75, 3.05) is 32.7 Å². The number of amides is 2. The minimum absolute atomic E-state index is 0.101. The summed E-state index contributed by atoms with van der Waals surface area (Å²) >= 11 is 0. The first kappa shape index (κ1) is 15.1. The van der Waals surface area contributed by atoms with E-state index in [0.29, 0.717) is 6.42 Å². The van der Waals surface area contributed by atoms with Crippen LogP contribution in [0.1, 0.15) is 38.5 Å². The molecule has 2 rings (SSSR count). The van der Waals surface area contributed by atoms with Gasteiger partial charge in [-0.05, 0) is 38.6 Å². The van der Waals surface area contributed by atoms with E-state index in [9.17, 15) is 9.59 Å². The molecule has 0 bridgehead atoms. The molecule has 2 saturated heterocycles. The van der Waals surface area contributed by atoms with Gasteiger partial charge in [0.2, 0.25) is 0 Å². The summed E-state index contributed by atoms with van der Waals surface area (Å²) in [4.78, 5) is 27.2. The van der Waals surface area contributed by atoms with Gasteiger partial charge in [-0.25, -0.2) is 4.79 Å². The summed E-state index contributed by atoms with van der Waals surface area (Å²) in [7, 11) is 0. The van der Waals surface area contributed by atoms with Crippen LogP contribution in [0.2, 0.25) is 0 Å². The second kappa shape index (κ2) is 7.47. The first-order valence-electron chi connectivity index (χ1n) is 7.66. The Kier molecular flexibility index (Phi) is 5.64. The van der Waals surface area contributed by atoms with Gasteiger partial charge in [0.15, 0.2) is 0 Å². The van der Waals surface area contributed by atoms with Gasteiger partial charge >= 0.3 is 12.0 Å². The molecule has 114 valence electrons. The zero-order valence-corrected chi connectivity index (χ0v) is 12.0. The molecule has 2 amide bonds. The summed E-state index contributed by atoms with van der Waals surface area (Å²) in [5.74, 6) is -0.776. The maximum atomic E-state index is 12.6. The number of aliphatic carboxylic acids is 1. The first-order chi connectivity index (χ1) is 9.68. The average Bonchev–Trinajstić information content (AvgIpc) is 2.73. The number of piperidine rings is 1. The molecule has 0 spiro atoms. The summed E-state index contributed by atoms with van der Waals surface area (Å²) < 4.78 is 0. The van der Waals surface area contributed by atoms with Crippen LogP contribution in [0, 0.1) is 0 Å². The highest BCUT2D eigenvalue weighted by Crippen LogP contribution is 2.22. The maximum absolute atomic E-state index is 12.6. The second-order valence-corrected chi connectivity index (χ2v) is 5.65. The number of nitrogens with one attached hydrogen (secondary N) is 1. The third kappa shape index (κ3) is 4.10. The van der Waals surface area contributed by atoms with E-state index in [1.807, 2.05) is 9.80 Å². The Hall–Kier alpha value is -1.30. The van der Waals surface area contributed by atoms with Crippen molar-refractivity contribution in [2.24, 2.45) is 0 Å². The number of nitrogens with zero attached hydrogens (tertiary/aromatic N) is 2. The lowest BCUT2D eigenvalue weighted by atomic mass is 9.98. The standard InChI is InChI=1S/C14H25N3O3/c18-13(19)6-5-12-4-1-2-10-17(12)14(20)16-9-3-7-15-8-11-16/h12,15H,1-11H2,(H,18,19). The van der Waals surface area contributed by atoms with Crippen molar-refractivity contribution in [3.05, 3.63) is 0 Å². The molecule has 6 heteroatoms. The second-order valence-electron chi connectivity index (χ2n) is 5.65. The third-order valence-electron chi connectivity index (χ3n) is 4.17. The molecule has 2 fully saturated rings. The monoisotopic (exact) mass is 283 g/mol. The van der Waals surface area contributed by atoms with Crippen molar-refractivity contribution < 1.29 is 14.7 Å². The smallest absolute Gasteiger partial charge is 0.320 e. The van der Waals surface area contributed by atoms with Crippen molar-refractivity contribution in [2.45, 2.75) is 44.6 Å². The molecule has 2 N–H and O–H groups in total. The highest BCUT2D eigenvalue weighted by Gasteiger charge is 2.30. The summed E-state index contributed by atoms with van der Waals surface area (Å²) in [6.07, 6.45) is 4.77. The molecule has 0 saturated carbocycles. The summed E-state index contributed by atoms with van der Waals surface area (Å²) in [5.41, 5.74) is 0. The first-order valence-corrected chi connectivity index (χ1v) is 7.66. The van der Waals surface area contributed by atoms with Crippen molar-refractivity contribution >= 4 is 12.0 Å². The molecule has 2 aliphatic rings. The molecule has 20 heavy (non-hydrogen) atoms. The van der Waals surface area contributed by atoms with Crippen molar-refractivity contribution in [3.8, 4) is 0 Å². The van der Waals surface area contributed by atoms with Gasteiger partial charge in [0.25, 0.3) is 0 Å². The number of urea groups is 1. The van der Waals surface area contributed by atoms with Gasteiger partial charge in [-0.3, -0.25) is 4.79 Å². The van der Waals surface area contributed by atoms with Gasteiger partial charge < -0.3 is 20.2 Å². The van der Waals surface area contributed by atoms with Gasteiger partial charge in [0.1, 0.15) is 0 Å². The van der Waals surface area contributed by atoms with Crippen LogP contribution in [0.5, 0.6) is 0 Å². The van der Waals surface area contributed by atoms with Crippen LogP contribution in [0.4, 0.5) is 4.79 Å². The SMILES string of the molecule is O=C(O)CCC1CCCCN1C(=O)N1CCCNCC1. The van der Waals surface area contributed by atoms with Crippen LogP contribution in [-0.2, 0) is 4.79 Å². The molecule has 6 nitrogen and oxygen atoms in total. The maximum Gasteiger partial charge on any atom is 0.320 e. The Bertz CT molecular complexity index is 341. The Morgan fingerprint density at radius 2 is 1.95 bits per heavy atom. The highest BCUT2D eigenvalue weighted by atomic mass is 16.4. The Labute approximate surface area is 120 Å². The lowest BCUT2D eigenvalue weighted by Gasteiger charge is -2.38. The van der Waals surface area contributed by atoms with E-state index >= 15 is 0 Å². The molecule has 1 unspecified atom stereocenters. The van der Waals surface area contributed by atoms with E-state index in [1.165, 1.54) is 0 Å². The van der Waals surface area contributed by atoms with Crippen LogP contribution in [-0.4, -0.2) is 65.7 Å². The van der Waals surface area contributed by atoms with Gasteiger partial charge in [0, 0.05) is 38.6 Å². The fourth-order valence-corrected chi connectivity index (χ4v) is 3.06. The van der Waals surface area contributed by atoms with E-state index in [4.69, 9.17) is 5.11 Å². The van der Waals surface area contributed by atoms with E-state index in [-0.39, 0.29) is 18.5 Å². The normalized spacial score (nSPS) is 24.3. The molecule has 0 radical (unpaired) electrons. The molecule has 0 aliphatic carbocycles. The van der Waals surface area contributed by atoms with Crippen LogP contribution in [0.15, 0.2) is 0 Å². The van der Waals surface area contributed by atoms with E-state index in [1.54, 1.807) is 0 Å². The number of carbonyl (C=O) groups is 2. The number of hydrogen-bond acceptors (Lipinski definition) is 3. The van der Waals surface area contributed by atoms with E-state index < -0.39 is 5.97 Å². The molecule has 0 aromatic carbocycles. The predicted molar refractivity (Wildman–Crippen MR) is 75.7 cm³/mol. The molecule has 0 aromatic rings. The highest BCUT2D eigenvalue weighted by molar-refractivity contribution is 5.75. The summed E-state index contributed by atoms with van der Waals surface area (Å²) in [5, 5.41) is 12.1. The molecule has 0 aromatic heterocycles. The number of hydrogen-bond donors (Lipinski definition) is 2. The van der Waals surface area contributed by atoms with E-state index in [2.05, 4.69) is 5.32 Å². The predicted octanol–water partition coefficient (Wildman–Crippen LogP) is 1.12. The van der Waals surface area contributed by atoms with Gasteiger partial charge in [0.05, 0.1) is 0 Å². The Morgan fingerprint density at radius 3 is 2.75 bits per heavy atom. The topological polar surface area (TPSA) is 72.9 Å². The Balaban J connectivity index is 1.94. The number of likely N-dealkylation sites (tertiary alicyclic amines) is 1. The number of carboxylic acid groups (broad SMARTS) is 1. The average molecular weight is 283 g/mol. The minimum Gasteiger partial charge on any atom is -0.481 e. The quantitative estimate of drug-likeness (QED) is 0.814. The molecular weight excluding hydrogens is 258 g/mol. The fraction of sp³-hybridized carbons (Fsp3) is 0.857. The summed E-state index contributed by atoms with van der Waals surface area (Å²) in [6.45, 7) is 4.13. The molecule has 2 heterocycles. The van der Waals surface area contributed by atoms with Crippen molar-refractivity contribution in [1.29, 1.82) is 0 Å². The van der Waals surface area contributed by atoms with Gasteiger partial charge in [-0.1, -0.05) is 0 Å². The minimum atomic E-state index is -0.776. The van der Waals surface area contributed by atoms with Crippen LogP contribution >= 0.6 is 0 Å². The number of carbonyl (C=O) groups excluding carboxylic acids is 1. The van der Waals surface area contributed by atoms with E-state index in [0.717, 1.165) is 58.4 Å². The fourth-order valence-electron chi connectivity index (χ4n) is 3.06. The third-order valence-corrected chi connectivity index (χ3v) is 4.17. The molecule has 2 aliphatic heterocycles. The number of carboxylic acids is 1. The Morgan fingerprint density at radius 1 is 1.10 bits per heavy atom. The molecular formula is C14H25N3O3. The van der Waals surface area contributed by atoms with Crippen molar-refractivity contribution in [1.82, 2.24) is 15.1 Å². The number of rotatable bonds is 3. The summed E-state index contributed by atoms with van der Waals surface area (Å²) in [6, 6.07) is 0.201.